The van der Waals surface area contributed by atoms with Crippen LogP contribution in [0.1, 0.15) is 37.3 Å². The van der Waals surface area contributed by atoms with Gasteiger partial charge in [0, 0.05) is 16.1 Å². The average Bonchev–Trinajstić information content (AvgIpc) is 3.12. The van der Waals surface area contributed by atoms with Crippen LogP contribution in [0.5, 0.6) is 0 Å². The molecule has 0 bridgehead atoms. The monoisotopic (exact) mass is 337 g/mol. The van der Waals surface area contributed by atoms with Gasteiger partial charge in [0.25, 0.3) is 0 Å². The van der Waals surface area contributed by atoms with Crippen molar-refractivity contribution in [3.8, 4) is 0 Å². The number of nitrogens with zero attached hydrogens (tertiary/aromatic N) is 2. The van der Waals surface area contributed by atoms with Crippen molar-refractivity contribution in [1.82, 2.24) is 9.78 Å². The SMILES string of the molecule is O=C(Cc1ccc(Cl)cc1Cl)Nc1ccnn1C1CCCC1. The maximum Gasteiger partial charge on any atom is 0.229 e. The Bertz CT molecular complexity index is 678. The topological polar surface area (TPSA) is 46.9 Å². The van der Waals surface area contributed by atoms with Crippen molar-refractivity contribution in [3.63, 3.8) is 0 Å². The first-order chi connectivity index (χ1) is 10.6. The molecule has 1 aromatic carbocycles. The first kappa shape index (κ1) is 15.4. The van der Waals surface area contributed by atoms with Gasteiger partial charge in [0.2, 0.25) is 5.91 Å². The fourth-order valence-corrected chi connectivity index (χ4v) is 3.35. The third-order valence-corrected chi connectivity index (χ3v) is 4.56. The molecule has 0 atom stereocenters. The maximum absolute atomic E-state index is 12.2. The van der Waals surface area contributed by atoms with Crippen LogP contribution in [0.3, 0.4) is 0 Å². The molecule has 3 rings (SSSR count). The van der Waals surface area contributed by atoms with Crippen molar-refractivity contribution in [2.45, 2.75) is 38.1 Å². The summed E-state index contributed by atoms with van der Waals surface area (Å²) in [6, 6.07) is 7.38. The molecule has 22 heavy (non-hydrogen) atoms. The Hall–Kier alpha value is -1.52. The van der Waals surface area contributed by atoms with Gasteiger partial charge < -0.3 is 5.32 Å². The Kier molecular flexibility index (Phi) is 4.69. The van der Waals surface area contributed by atoms with Crippen LogP contribution >= 0.6 is 23.2 Å². The number of rotatable bonds is 4. The normalized spacial score (nSPS) is 15.2. The van der Waals surface area contributed by atoms with Gasteiger partial charge in [-0.2, -0.15) is 5.10 Å². The molecule has 116 valence electrons. The van der Waals surface area contributed by atoms with Gasteiger partial charge in [-0.15, -0.1) is 0 Å². The van der Waals surface area contributed by atoms with Gasteiger partial charge in [-0.1, -0.05) is 42.1 Å². The van der Waals surface area contributed by atoms with Crippen molar-refractivity contribution in [1.29, 1.82) is 0 Å². The summed E-state index contributed by atoms with van der Waals surface area (Å²) >= 11 is 12.0. The minimum absolute atomic E-state index is 0.107. The van der Waals surface area contributed by atoms with E-state index < -0.39 is 0 Å². The summed E-state index contributed by atoms with van der Waals surface area (Å²) < 4.78 is 1.92. The van der Waals surface area contributed by atoms with E-state index in [1.54, 1.807) is 24.4 Å². The summed E-state index contributed by atoms with van der Waals surface area (Å²) in [7, 11) is 0. The number of benzene rings is 1. The molecule has 0 radical (unpaired) electrons. The average molecular weight is 338 g/mol. The molecule has 1 amide bonds. The number of hydrogen-bond donors (Lipinski definition) is 1. The van der Waals surface area contributed by atoms with Gasteiger partial charge in [-0.3, -0.25) is 4.79 Å². The first-order valence-corrected chi connectivity index (χ1v) is 8.16. The van der Waals surface area contributed by atoms with Crippen molar-refractivity contribution < 1.29 is 4.79 Å². The molecule has 1 aliphatic carbocycles. The van der Waals surface area contributed by atoms with Crippen LogP contribution in [0, 0.1) is 0 Å². The fourth-order valence-electron chi connectivity index (χ4n) is 2.88. The van der Waals surface area contributed by atoms with Gasteiger partial charge in [0.1, 0.15) is 5.82 Å². The summed E-state index contributed by atoms with van der Waals surface area (Å²) in [6.07, 6.45) is 6.62. The zero-order valence-corrected chi connectivity index (χ0v) is 13.6. The zero-order valence-electron chi connectivity index (χ0n) is 12.1. The van der Waals surface area contributed by atoms with Gasteiger partial charge >= 0.3 is 0 Å². The smallest absolute Gasteiger partial charge is 0.229 e. The molecule has 6 heteroatoms. The van der Waals surface area contributed by atoms with Crippen LogP contribution in [-0.4, -0.2) is 15.7 Å². The molecule has 1 fully saturated rings. The molecule has 4 nitrogen and oxygen atoms in total. The summed E-state index contributed by atoms with van der Waals surface area (Å²) in [5.74, 6) is 0.644. The van der Waals surface area contributed by atoms with Crippen molar-refractivity contribution in [2.24, 2.45) is 0 Å². The number of halogens is 2. The summed E-state index contributed by atoms with van der Waals surface area (Å²) in [5.41, 5.74) is 0.760. The van der Waals surface area contributed by atoms with Gasteiger partial charge in [0.05, 0.1) is 18.7 Å². The van der Waals surface area contributed by atoms with E-state index in [0.29, 0.717) is 16.1 Å². The molecule has 1 N–H and O–H groups in total. The number of anilines is 1. The highest BCUT2D eigenvalue weighted by atomic mass is 35.5. The molecular weight excluding hydrogens is 321 g/mol. The molecule has 2 aromatic rings. The van der Waals surface area contributed by atoms with E-state index in [9.17, 15) is 4.79 Å². The predicted octanol–water partition coefficient (Wildman–Crippen LogP) is 4.49. The van der Waals surface area contributed by atoms with E-state index in [2.05, 4.69) is 10.4 Å². The van der Waals surface area contributed by atoms with Crippen molar-refractivity contribution >= 4 is 34.9 Å². The lowest BCUT2D eigenvalue weighted by atomic mass is 10.1. The second-order valence-corrected chi connectivity index (χ2v) is 6.40. The lowest BCUT2D eigenvalue weighted by Gasteiger charge is -2.14. The zero-order chi connectivity index (χ0) is 15.5. The third kappa shape index (κ3) is 3.45. The van der Waals surface area contributed by atoms with Crippen LogP contribution in [0.25, 0.3) is 0 Å². The van der Waals surface area contributed by atoms with Crippen LogP contribution in [0.2, 0.25) is 10.0 Å². The Labute approximate surface area is 139 Å². The first-order valence-electron chi connectivity index (χ1n) is 7.41. The summed E-state index contributed by atoms with van der Waals surface area (Å²) in [6.45, 7) is 0. The number of aromatic nitrogens is 2. The van der Waals surface area contributed by atoms with Gasteiger partial charge in [0.15, 0.2) is 0 Å². The molecule has 1 aliphatic rings. The number of hydrogen-bond acceptors (Lipinski definition) is 2. The van der Waals surface area contributed by atoms with Crippen molar-refractivity contribution in [2.75, 3.05) is 5.32 Å². The van der Waals surface area contributed by atoms with Gasteiger partial charge in [-0.05, 0) is 30.5 Å². The molecule has 0 saturated heterocycles. The molecule has 1 saturated carbocycles. The Morgan fingerprint density at radius 2 is 2.05 bits per heavy atom. The van der Waals surface area contributed by atoms with Crippen LogP contribution in [-0.2, 0) is 11.2 Å². The Morgan fingerprint density at radius 3 is 2.77 bits per heavy atom. The Balaban J connectivity index is 1.68. The molecule has 0 spiro atoms. The lowest BCUT2D eigenvalue weighted by molar-refractivity contribution is -0.115. The molecule has 0 aliphatic heterocycles. The number of nitrogens with one attached hydrogen (secondary N) is 1. The summed E-state index contributed by atoms with van der Waals surface area (Å²) in [4.78, 5) is 12.2. The molecule has 1 aromatic heterocycles. The lowest BCUT2D eigenvalue weighted by Crippen LogP contribution is -2.19. The minimum Gasteiger partial charge on any atom is -0.311 e. The molecule has 1 heterocycles. The van der Waals surface area contributed by atoms with Gasteiger partial charge in [-0.25, -0.2) is 4.68 Å². The quantitative estimate of drug-likeness (QED) is 0.893. The third-order valence-electron chi connectivity index (χ3n) is 3.97. The van der Waals surface area contributed by atoms with E-state index in [0.717, 1.165) is 24.2 Å². The highest BCUT2D eigenvalue weighted by Crippen LogP contribution is 2.31. The predicted molar refractivity (Wildman–Crippen MR) is 88.5 cm³/mol. The standard InChI is InChI=1S/C16H17Cl2N3O/c17-12-6-5-11(14(18)10-12)9-16(22)20-15-7-8-19-21(15)13-3-1-2-4-13/h5-8,10,13H,1-4,9H2,(H,20,22). The summed E-state index contributed by atoms with van der Waals surface area (Å²) in [5, 5.41) is 8.34. The number of carbonyl (C=O) groups excluding carboxylic acids is 1. The largest absolute Gasteiger partial charge is 0.311 e. The molecular formula is C16H17Cl2N3O. The van der Waals surface area contributed by atoms with E-state index in [4.69, 9.17) is 23.2 Å². The minimum atomic E-state index is -0.107. The van der Waals surface area contributed by atoms with Crippen LogP contribution < -0.4 is 5.32 Å². The van der Waals surface area contributed by atoms with Crippen molar-refractivity contribution in [3.05, 3.63) is 46.1 Å². The number of carbonyl (C=O) groups is 1. The molecule has 0 unspecified atom stereocenters. The van der Waals surface area contributed by atoms with E-state index in [1.807, 2.05) is 10.7 Å². The van der Waals surface area contributed by atoms with Crippen LogP contribution in [0.15, 0.2) is 30.5 Å². The highest BCUT2D eigenvalue weighted by molar-refractivity contribution is 6.35. The highest BCUT2D eigenvalue weighted by Gasteiger charge is 2.20. The van der Waals surface area contributed by atoms with E-state index in [1.165, 1.54) is 12.8 Å². The fraction of sp³-hybridized carbons (Fsp3) is 0.375. The number of amides is 1. The van der Waals surface area contributed by atoms with E-state index >= 15 is 0 Å². The van der Waals surface area contributed by atoms with E-state index in [-0.39, 0.29) is 12.3 Å². The second kappa shape index (κ2) is 6.71. The maximum atomic E-state index is 12.2. The van der Waals surface area contributed by atoms with Crippen LogP contribution in [0.4, 0.5) is 5.82 Å². The Morgan fingerprint density at radius 1 is 1.27 bits per heavy atom. The second-order valence-electron chi connectivity index (χ2n) is 5.56.